The molecule has 0 aromatic rings. The van der Waals surface area contributed by atoms with E-state index in [1.807, 2.05) is 27.7 Å². The number of ether oxygens (including phenoxy) is 1. The normalized spacial score (nSPS) is 10.9. The number of rotatable bonds is 2. The van der Waals surface area contributed by atoms with Gasteiger partial charge in [-0.1, -0.05) is 27.7 Å². The van der Waals surface area contributed by atoms with Crippen LogP contribution in [0.1, 0.15) is 34.1 Å². The molecule has 62 valence electrons. The predicted octanol–water partition coefficient (Wildman–Crippen LogP) is 2.23. The minimum atomic E-state index is -0.118. The van der Waals surface area contributed by atoms with Gasteiger partial charge < -0.3 is 4.74 Å². The quantitative estimate of drug-likeness (QED) is 0.558. The van der Waals surface area contributed by atoms with E-state index < -0.39 is 0 Å². The predicted molar refractivity (Wildman–Crippen MR) is 42.8 cm³/mol. The van der Waals surface area contributed by atoms with Crippen LogP contribution in [0.4, 0.5) is 0 Å². The van der Waals surface area contributed by atoms with Gasteiger partial charge in [-0.15, -0.1) is 0 Å². The molecule has 0 rings (SSSR count). The molecule has 0 aliphatic rings. The average Bonchev–Trinajstić information content (AvgIpc) is 2.05. The van der Waals surface area contributed by atoms with Gasteiger partial charge in [-0.3, -0.25) is 4.79 Å². The molecule has 0 radical (unpaired) electrons. The third-order valence-electron chi connectivity index (χ3n) is 1.22. The maximum absolute atomic E-state index is 10.5. The standard InChI is InChI=1S/C6H12O2.C2H6/c1-4-5(2)6(7)8-3;1-2/h5H,4H2,1-3H3;1-2H3. The van der Waals surface area contributed by atoms with Crippen molar-refractivity contribution in [2.45, 2.75) is 34.1 Å². The summed E-state index contributed by atoms with van der Waals surface area (Å²) in [5, 5.41) is 0. The lowest BCUT2D eigenvalue weighted by Gasteiger charge is -2.02. The van der Waals surface area contributed by atoms with E-state index >= 15 is 0 Å². The summed E-state index contributed by atoms with van der Waals surface area (Å²) in [6.45, 7) is 7.81. The van der Waals surface area contributed by atoms with E-state index in [0.29, 0.717) is 0 Å². The van der Waals surface area contributed by atoms with E-state index in [9.17, 15) is 4.79 Å². The van der Waals surface area contributed by atoms with Crippen molar-refractivity contribution in [3.8, 4) is 0 Å². The molecule has 0 saturated heterocycles. The monoisotopic (exact) mass is 146 g/mol. The van der Waals surface area contributed by atoms with E-state index in [0.717, 1.165) is 6.42 Å². The molecule has 0 N–H and O–H groups in total. The van der Waals surface area contributed by atoms with Crippen molar-refractivity contribution in [2.24, 2.45) is 5.92 Å². The zero-order valence-corrected chi connectivity index (χ0v) is 7.60. The molecular weight excluding hydrogens is 128 g/mol. The molecule has 0 aromatic carbocycles. The Balaban J connectivity index is 0. The van der Waals surface area contributed by atoms with Crippen LogP contribution in [0.3, 0.4) is 0 Å². The Morgan fingerprint density at radius 3 is 2.00 bits per heavy atom. The minimum absolute atomic E-state index is 0.0556. The Morgan fingerprint density at radius 2 is 1.90 bits per heavy atom. The van der Waals surface area contributed by atoms with Gasteiger partial charge in [0, 0.05) is 0 Å². The zero-order chi connectivity index (χ0) is 8.57. The Bertz CT molecular complexity index is 79.3. The van der Waals surface area contributed by atoms with Crippen molar-refractivity contribution in [3.63, 3.8) is 0 Å². The smallest absolute Gasteiger partial charge is 0.308 e. The first kappa shape index (κ1) is 12.2. The lowest BCUT2D eigenvalue weighted by molar-refractivity contribution is -0.144. The number of esters is 1. The summed E-state index contributed by atoms with van der Waals surface area (Å²) >= 11 is 0. The van der Waals surface area contributed by atoms with Crippen LogP contribution in [0.2, 0.25) is 0 Å². The molecule has 2 nitrogen and oxygen atoms in total. The van der Waals surface area contributed by atoms with E-state index in [2.05, 4.69) is 4.74 Å². The summed E-state index contributed by atoms with van der Waals surface area (Å²) < 4.78 is 4.46. The summed E-state index contributed by atoms with van der Waals surface area (Å²) in [5.41, 5.74) is 0. The fourth-order valence-corrected chi connectivity index (χ4v) is 0.368. The Kier molecular flexibility index (Phi) is 10.3. The first-order chi connectivity index (χ1) is 4.72. The first-order valence-electron chi connectivity index (χ1n) is 3.80. The molecule has 0 aliphatic heterocycles. The molecule has 1 atom stereocenters. The van der Waals surface area contributed by atoms with Crippen molar-refractivity contribution in [1.82, 2.24) is 0 Å². The topological polar surface area (TPSA) is 26.3 Å². The van der Waals surface area contributed by atoms with Gasteiger partial charge in [0.15, 0.2) is 0 Å². The second-order valence-corrected chi connectivity index (χ2v) is 1.83. The Morgan fingerprint density at radius 1 is 1.50 bits per heavy atom. The van der Waals surface area contributed by atoms with Crippen LogP contribution in [0.25, 0.3) is 0 Å². The third-order valence-corrected chi connectivity index (χ3v) is 1.22. The van der Waals surface area contributed by atoms with Crippen molar-refractivity contribution in [1.29, 1.82) is 0 Å². The van der Waals surface area contributed by atoms with Crippen molar-refractivity contribution in [2.75, 3.05) is 7.11 Å². The van der Waals surface area contributed by atoms with Crippen LogP contribution in [-0.4, -0.2) is 13.1 Å². The molecule has 0 saturated carbocycles. The van der Waals surface area contributed by atoms with Crippen molar-refractivity contribution in [3.05, 3.63) is 0 Å². The van der Waals surface area contributed by atoms with Gasteiger partial charge in [0.1, 0.15) is 0 Å². The summed E-state index contributed by atoms with van der Waals surface area (Å²) in [6.07, 6.45) is 0.854. The lowest BCUT2D eigenvalue weighted by atomic mass is 10.1. The largest absolute Gasteiger partial charge is 0.469 e. The van der Waals surface area contributed by atoms with Gasteiger partial charge in [0.05, 0.1) is 13.0 Å². The van der Waals surface area contributed by atoms with Crippen LogP contribution >= 0.6 is 0 Å². The first-order valence-corrected chi connectivity index (χ1v) is 3.80. The van der Waals surface area contributed by atoms with Crippen LogP contribution in [-0.2, 0) is 9.53 Å². The average molecular weight is 146 g/mol. The molecule has 0 aromatic heterocycles. The summed E-state index contributed by atoms with van der Waals surface area (Å²) in [4.78, 5) is 10.5. The van der Waals surface area contributed by atoms with Crippen molar-refractivity contribution >= 4 is 5.97 Å². The second kappa shape index (κ2) is 8.47. The highest BCUT2D eigenvalue weighted by Crippen LogP contribution is 2.00. The summed E-state index contributed by atoms with van der Waals surface area (Å²) in [6, 6.07) is 0. The molecule has 10 heavy (non-hydrogen) atoms. The molecule has 0 fully saturated rings. The van der Waals surface area contributed by atoms with Gasteiger partial charge in [-0.2, -0.15) is 0 Å². The highest BCUT2D eigenvalue weighted by molar-refractivity contribution is 5.71. The lowest BCUT2D eigenvalue weighted by Crippen LogP contribution is -2.10. The number of carbonyl (C=O) groups is 1. The van der Waals surface area contributed by atoms with E-state index in [1.54, 1.807) is 0 Å². The van der Waals surface area contributed by atoms with Gasteiger partial charge >= 0.3 is 5.97 Å². The maximum atomic E-state index is 10.5. The van der Waals surface area contributed by atoms with Crippen LogP contribution in [0.15, 0.2) is 0 Å². The van der Waals surface area contributed by atoms with Gasteiger partial charge in [0.2, 0.25) is 0 Å². The third kappa shape index (κ3) is 5.60. The number of carbonyl (C=O) groups excluding carboxylic acids is 1. The summed E-state index contributed by atoms with van der Waals surface area (Å²) in [5.74, 6) is -0.0625. The highest BCUT2D eigenvalue weighted by atomic mass is 16.5. The number of hydrogen-bond donors (Lipinski definition) is 0. The van der Waals surface area contributed by atoms with E-state index in [4.69, 9.17) is 0 Å². The Hall–Kier alpha value is -0.530. The molecule has 0 aliphatic carbocycles. The van der Waals surface area contributed by atoms with Crippen molar-refractivity contribution < 1.29 is 9.53 Å². The van der Waals surface area contributed by atoms with Crippen LogP contribution < -0.4 is 0 Å². The number of methoxy groups -OCH3 is 1. The van der Waals surface area contributed by atoms with E-state index in [-0.39, 0.29) is 11.9 Å². The van der Waals surface area contributed by atoms with Crippen LogP contribution in [0.5, 0.6) is 0 Å². The molecule has 0 bridgehead atoms. The fraction of sp³-hybridized carbons (Fsp3) is 0.875. The van der Waals surface area contributed by atoms with Gasteiger partial charge in [-0.05, 0) is 6.42 Å². The number of hydrogen-bond acceptors (Lipinski definition) is 2. The molecule has 1 unspecified atom stereocenters. The summed E-state index contributed by atoms with van der Waals surface area (Å²) in [7, 11) is 1.41. The molecule has 0 heterocycles. The zero-order valence-electron chi connectivity index (χ0n) is 7.60. The van der Waals surface area contributed by atoms with Gasteiger partial charge in [-0.25, -0.2) is 0 Å². The van der Waals surface area contributed by atoms with E-state index in [1.165, 1.54) is 7.11 Å². The second-order valence-electron chi connectivity index (χ2n) is 1.83. The van der Waals surface area contributed by atoms with Gasteiger partial charge in [0.25, 0.3) is 0 Å². The molecule has 2 heteroatoms. The molecule has 0 spiro atoms. The Labute approximate surface area is 63.6 Å². The molecular formula is C8H18O2. The SMILES string of the molecule is CC.CCC(C)C(=O)OC. The molecule has 0 amide bonds. The minimum Gasteiger partial charge on any atom is -0.469 e. The fourth-order valence-electron chi connectivity index (χ4n) is 0.368. The highest BCUT2D eigenvalue weighted by Gasteiger charge is 2.08. The van der Waals surface area contributed by atoms with Crippen LogP contribution in [0, 0.1) is 5.92 Å². The maximum Gasteiger partial charge on any atom is 0.308 e.